The first-order valence-electron chi connectivity index (χ1n) is 3.41. The van der Waals surface area contributed by atoms with Gasteiger partial charge in [-0.1, -0.05) is 27.2 Å². The molecule has 3 heteroatoms. The van der Waals surface area contributed by atoms with Crippen LogP contribution in [0.3, 0.4) is 0 Å². The Morgan fingerprint density at radius 1 is 1.30 bits per heavy atom. The van der Waals surface area contributed by atoms with Gasteiger partial charge in [0.15, 0.2) is 0 Å². The second-order valence-corrected chi connectivity index (χ2v) is 3.18. The van der Waals surface area contributed by atoms with E-state index in [2.05, 4.69) is 0 Å². The fourth-order valence-corrected chi connectivity index (χ4v) is 0.775. The normalized spacial score (nSPS) is 13.8. The van der Waals surface area contributed by atoms with E-state index in [4.69, 9.17) is 5.11 Å². The molecule has 1 nitrogen and oxygen atoms in total. The molecule has 0 unspecified atom stereocenters. The Morgan fingerprint density at radius 2 is 1.70 bits per heavy atom. The van der Waals surface area contributed by atoms with Crippen molar-refractivity contribution < 1.29 is 13.9 Å². The summed E-state index contributed by atoms with van der Waals surface area (Å²) in [6, 6.07) is 0. The molecule has 62 valence electrons. The van der Waals surface area contributed by atoms with E-state index in [0.717, 1.165) is 0 Å². The zero-order chi connectivity index (χ0) is 8.41. The molecule has 0 spiro atoms. The van der Waals surface area contributed by atoms with Crippen molar-refractivity contribution in [2.24, 2.45) is 5.41 Å². The maximum atomic E-state index is 12.2. The molecular formula is C7H14F2O. The number of alkyl halides is 2. The van der Waals surface area contributed by atoms with Gasteiger partial charge in [-0.25, -0.2) is 0 Å². The van der Waals surface area contributed by atoms with Crippen molar-refractivity contribution in [2.45, 2.75) is 39.7 Å². The molecule has 0 bridgehead atoms. The third-order valence-electron chi connectivity index (χ3n) is 1.69. The molecule has 0 aliphatic carbocycles. The first-order valence-corrected chi connectivity index (χ1v) is 3.41. The molecule has 0 aliphatic rings. The van der Waals surface area contributed by atoms with Gasteiger partial charge in [-0.05, 0) is 6.42 Å². The summed E-state index contributed by atoms with van der Waals surface area (Å²) in [5.74, 6) is 0. The van der Waals surface area contributed by atoms with E-state index in [9.17, 15) is 8.78 Å². The maximum absolute atomic E-state index is 12.2. The maximum Gasteiger partial charge on any atom is 0.358 e. The predicted octanol–water partition coefficient (Wildman–Crippen LogP) is 2.40. The molecule has 0 heterocycles. The van der Waals surface area contributed by atoms with E-state index in [-0.39, 0.29) is 0 Å². The summed E-state index contributed by atoms with van der Waals surface area (Å²) < 4.78 is 24.5. The van der Waals surface area contributed by atoms with Crippen LogP contribution in [-0.4, -0.2) is 11.2 Å². The highest BCUT2D eigenvalue weighted by Crippen LogP contribution is 2.37. The fourth-order valence-electron chi connectivity index (χ4n) is 0.775. The fraction of sp³-hybridized carbons (Fsp3) is 1.00. The lowest BCUT2D eigenvalue weighted by Crippen LogP contribution is -2.35. The molecule has 0 rings (SSSR count). The van der Waals surface area contributed by atoms with Crippen LogP contribution in [0.4, 0.5) is 8.78 Å². The van der Waals surface area contributed by atoms with Gasteiger partial charge in [-0.15, -0.1) is 0 Å². The van der Waals surface area contributed by atoms with Crippen LogP contribution in [0.5, 0.6) is 0 Å². The van der Waals surface area contributed by atoms with E-state index in [1.54, 1.807) is 0 Å². The highest BCUT2D eigenvalue weighted by molar-refractivity contribution is 4.75. The average Bonchev–Trinajstić information content (AvgIpc) is 1.61. The van der Waals surface area contributed by atoms with Gasteiger partial charge in [0, 0.05) is 0 Å². The van der Waals surface area contributed by atoms with Crippen LogP contribution in [-0.2, 0) is 0 Å². The van der Waals surface area contributed by atoms with Crippen molar-refractivity contribution in [2.75, 3.05) is 0 Å². The number of aliphatic hydroxyl groups is 1. The molecule has 0 fully saturated rings. The van der Waals surface area contributed by atoms with Crippen molar-refractivity contribution in [3.63, 3.8) is 0 Å². The van der Waals surface area contributed by atoms with Gasteiger partial charge < -0.3 is 5.11 Å². The van der Waals surface area contributed by atoms with Crippen LogP contribution in [0, 0.1) is 5.41 Å². The van der Waals surface area contributed by atoms with Gasteiger partial charge in [0.25, 0.3) is 0 Å². The minimum Gasteiger partial charge on any atom is -0.336 e. The zero-order valence-electron chi connectivity index (χ0n) is 6.62. The molecule has 0 saturated heterocycles. The van der Waals surface area contributed by atoms with Crippen LogP contribution in [0.2, 0.25) is 0 Å². The highest BCUT2D eigenvalue weighted by Gasteiger charge is 2.43. The lowest BCUT2D eigenvalue weighted by atomic mass is 9.87. The van der Waals surface area contributed by atoms with Gasteiger partial charge in [0.2, 0.25) is 0 Å². The lowest BCUT2D eigenvalue weighted by Gasteiger charge is -2.28. The quantitative estimate of drug-likeness (QED) is 0.658. The summed E-state index contributed by atoms with van der Waals surface area (Å²) >= 11 is 0. The van der Waals surface area contributed by atoms with Crippen molar-refractivity contribution in [1.82, 2.24) is 0 Å². The van der Waals surface area contributed by atoms with E-state index in [1.165, 1.54) is 13.8 Å². The molecule has 0 saturated carbocycles. The topological polar surface area (TPSA) is 20.2 Å². The Balaban J connectivity index is 4.10. The summed E-state index contributed by atoms with van der Waals surface area (Å²) in [7, 11) is 0. The van der Waals surface area contributed by atoms with Crippen LogP contribution in [0.1, 0.15) is 33.6 Å². The Hall–Kier alpha value is -0.180. The van der Waals surface area contributed by atoms with Crippen LogP contribution < -0.4 is 0 Å². The molecule has 0 amide bonds. The van der Waals surface area contributed by atoms with Crippen LogP contribution in [0.25, 0.3) is 0 Å². The van der Waals surface area contributed by atoms with E-state index < -0.39 is 11.5 Å². The second kappa shape index (κ2) is 2.82. The standard InChI is InChI=1S/C7H14F2O/c1-4-5-6(2,3)7(8,9)10/h10H,4-5H2,1-3H3. The van der Waals surface area contributed by atoms with E-state index in [1.807, 2.05) is 6.92 Å². The Kier molecular flexibility index (Phi) is 2.77. The molecular weight excluding hydrogens is 138 g/mol. The van der Waals surface area contributed by atoms with Gasteiger partial charge in [-0.2, -0.15) is 8.78 Å². The van der Waals surface area contributed by atoms with Crippen LogP contribution >= 0.6 is 0 Å². The molecule has 0 atom stereocenters. The number of rotatable bonds is 3. The van der Waals surface area contributed by atoms with Gasteiger partial charge >= 0.3 is 6.11 Å². The Morgan fingerprint density at radius 3 is 1.80 bits per heavy atom. The minimum atomic E-state index is -3.55. The van der Waals surface area contributed by atoms with Gasteiger partial charge in [0.05, 0.1) is 5.41 Å². The van der Waals surface area contributed by atoms with Crippen LogP contribution in [0.15, 0.2) is 0 Å². The largest absolute Gasteiger partial charge is 0.358 e. The Bertz CT molecular complexity index is 105. The number of hydrogen-bond acceptors (Lipinski definition) is 1. The average molecular weight is 152 g/mol. The second-order valence-electron chi connectivity index (χ2n) is 3.18. The first-order chi connectivity index (χ1) is 4.31. The molecule has 0 radical (unpaired) electrons. The predicted molar refractivity (Wildman–Crippen MR) is 35.9 cm³/mol. The summed E-state index contributed by atoms with van der Waals surface area (Å²) in [6.07, 6.45) is -2.57. The summed E-state index contributed by atoms with van der Waals surface area (Å²) in [6.45, 7) is 4.53. The SMILES string of the molecule is CCCC(C)(C)C(O)(F)F. The third-order valence-corrected chi connectivity index (χ3v) is 1.69. The molecule has 1 N–H and O–H groups in total. The molecule has 0 aromatic carbocycles. The lowest BCUT2D eigenvalue weighted by molar-refractivity contribution is -0.270. The van der Waals surface area contributed by atoms with Crippen molar-refractivity contribution in [3.8, 4) is 0 Å². The molecule has 0 aromatic heterocycles. The van der Waals surface area contributed by atoms with Gasteiger partial charge in [-0.3, -0.25) is 0 Å². The first kappa shape index (κ1) is 9.82. The summed E-state index contributed by atoms with van der Waals surface area (Å²) in [5.41, 5.74) is -1.29. The van der Waals surface area contributed by atoms with Crippen molar-refractivity contribution in [3.05, 3.63) is 0 Å². The van der Waals surface area contributed by atoms with E-state index >= 15 is 0 Å². The molecule has 10 heavy (non-hydrogen) atoms. The van der Waals surface area contributed by atoms with Gasteiger partial charge in [0.1, 0.15) is 0 Å². The zero-order valence-corrected chi connectivity index (χ0v) is 6.62. The Labute approximate surface area is 60.1 Å². The van der Waals surface area contributed by atoms with Crippen molar-refractivity contribution >= 4 is 0 Å². The smallest absolute Gasteiger partial charge is 0.336 e. The molecule has 0 aliphatic heterocycles. The molecule has 0 aromatic rings. The summed E-state index contributed by atoms with van der Waals surface area (Å²) in [4.78, 5) is 0. The summed E-state index contributed by atoms with van der Waals surface area (Å²) in [5, 5.41) is 8.34. The number of halogens is 2. The van der Waals surface area contributed by atoms with Crippen molar-refractivity contribution in [1.29, 1.82) is 0 Å². The highest BCUT2D eigenvalue weighted by atomic mass is 19.3. The monoisotopic (exact) mass is 152 g/mol. The third kappa shape index (κ3) is 2.21. The van der Waals surface area contributed by atoms with E-state index in [0.29, 0.717) is 12.8 Å². The number of hydrogen-bond donors (Lipinski definition) is 1. The minimum absolute atomic E-state index is 0.330.